The molecule has 30 heavy (non-hydrogen) atoms. The minimum absolute atomic E-state index is 0.0658. The number of H-pyrrole nitrogens is 2. The van der Waals surface area contributed by atoms with Gasteiger partial charge in [-0.05, 0) is 50.6 Å². The van der Waals surface area contributed by atoms with E-state index in [2.05, 4.69) is 37.3 Å². The van der Waals surface area contributed by atoms with Gasteiger partial charge in [-0.3, -0.25) is 19.7 Å². The fourth-order valence-corrected chi connectivity index (χ4v) is 3.40. The monoisotopic (exact) mass is 402 g/mol. The van der Waals surface area contributed by atoms with Crippen molar-refractivity contribution in [2.75, 3.05) is 6.54 Å². The lowest BCUT2D eigenvalue weighted by molar-refractivity contribution is -0.123. The van der Waals surface area contributed by atoms with Crippen molar-refractivity contribution in [3.63, 3.8) is 0 Å². The third-order valence-electron chi connectivity index (χ3n) is 5.14. The van der Waals surface area contributed by atoms with Gasteiger partial charge >= 0.3 is 0 Å². The van der Waals surface area contributed by atoms with E-state index in [0.717, 1.165) is 46.5 Å². The Morgan fingerprint density at radius 1 is 1.23 bits per heavy atom. The van der Waals surface area contributed by atoms with Gasteiger partial charge in [-0.1, -0.05) is 6.07 Å². The zero-order valence-corrected chi connectivity index (χ0v) is 16.8. The number of pyridine rings is 2. The molecule has 5 heterocycles. The van der Waals surface area contributed by atoms with Crippen molar-refractivity contribution >= 4 is 23.2 Å². The van der Waals surface area contributed by atoms with E-state index in [9.17, 15) is 9.59 Å². The quantitative estimate of drug-likeness (QED) is 0.403. The maximum atomic E-state index is 11.7. The van der Waals surface area contributed by atoms with Gasteiger partial charge in [-0.25, -0.2) is 4.98 Å². The van der Waals surface area contributed by atoms with E-state index in [1.54, 1.807) is 30.6 Å². The highest BCUT2D eigenvalue weighted by Crippen LogP contribution is 2.22. The Bertz CT molecular complexity index is 1180. The van der Waals surface area contributed by atoms with E-state index in [0.29, 0.717) is 12.2 Å². The minimum atomic E-state index is -0.289. The lowest BCUT2D eigenvalue weighted by atomic mass is 9.97. The number of likely N-dealkylation sites (tertiary alicyclic amines) is 1. The summed E-state index contributed by atoms with van der Waals surface area (Å²) in [7, 11) is 0. The lowest BCUT2D eigenvalue weighted by Crippen LogP contribution is -2.51. The van der Waals surface area contributed by atoms with Crippen LogP contribution >= 0.6 is 0 Å². The Hall–Kier alpha value is -3.81. The molecular weight excluding hydrogens is 380 g/mol. The van der Waals surface area contributed by atoms with Crippen LogP contribution in [0.3, 0.4) is 0 Å². The molecule has 0 bridgehead atoms. The number of aromatic amines is 2. The number of carbonyl (C=O) groups excluding carboxylic acids is 2. The maximum Gasteiger partial charge on any atom is 0.210 e. The molecule has 152 valence electrons. The van der Waals surface area contributed by atoms with Crippen LogP contribution in [0.5, 0.6) is 0 Å². The van der Waals surface area contributed by atoms with Crippen molar-refractivity contribution in [2.24, 2.45) is 0 Å². The van der Waals surface area contributed by atoms with Gasteiger partial charge in [0.2, 0.25) is 12.2 Å². The maximum absolute atomic E-state index is 11.7. The molecule has 1 saturated heterocycles. The summed E-state index contributed by atoms with van der Waals surface area (Å²) in [5, 5.41) is 8.07. The van der Waals surface area contributed by atoms with Crippen molar-refractivity contribution in [1.82, 2.24) is 30.0 Å². The summed E-state index contributed by atoms with van der Waals surface area (Å²) < 4.78 is 0. The second kappa shape index (κ2) is 8.28. The molecule has 1 fully saturated rings. The third kappa shape index (κ3) is 3.84. The zero-order chi connectivity index (χ0) is 21.1. The van der Waals surface area contributed by atoms with Crippen molar-refractivity contribution in [2.45, 2.75) is 26.3 Å². The smallest absolute Gasteiger partial charge is 0.210 e. The number of aromatic nitrogens is 5. The molecule has 8 nitrogen and oxygen atoms in total. The normalized spacial score (nSPS) is 15.3. The number of hydrogen-bond acceptors (Lipinski definition) is 5. The molecule has 4 aromatic heterocycles. The number of rotatable bonds is 4. The Morgan fingerprint density at radius 2 is 2.10 bits per heavy atom. The van der Waals surface area contributed by atoms with Crippen LogP contribution in [0.1, 0.15) is 28.3 Å². The molecule has 0 aromatic carbocycles. The van der Waals surface area contributed by atoms with Crippen LogP contribution < -0.4 is 0 Å². The molecule has 1 aliphatic heterocycles. The first-order chi connectivity index (χ1) is 14.6. The second-order valence-corrected chi connectivity index (χ2v) is 7.22. The van der Waals surface area contributed by atoms with Gasteiger partial charge in [0.05, 0.1) is 17.9 Å². The van der Waals surface area contributed by atoms with E-state index >= 15 is 0 Å². The lowest BCUT2D eigenvalue weighted by Gasteiger charge is -2.36. The average Bonchev–Trinajstić information content (AvgIpc) is 3.32. The molecule has 1 atom stereocenters. The number of fused-ring (bicyclic) bond motifs is 1. The molecule has 1 amide bonds. The number of nitrogens with one attached hydrogen (secondary N) is 2. The number of Topliss-reactive ketones (excluding diaryl/α,β-unsaturated/α-hetero) is 1. The van der Waals surface area contributed by atoms with Gasteiger partial charge in [-0.2, -0.15) is 5.10 Å². The summed E-state index contributed by atoms with van der Waals surface area (Å²) in [6.07, 6.45) is 4.85. The summed E-state index contributed by atoms with van der Waals surface area (Å²) >= 11 is 0. The van der Waals surface area contributed by atoms with Gasteiger partial charge in [0.1, 0.15) is 11.3 Å². The van der Waals surface area contributed by atoms with Gasteiger partial charge in [0, 0.05) is 35.1 Å². The highest BCUT2D eigenvalue weighted by molar-refractivity contribution is 6.00. The molecule has 1 aliphatic rings. The predicted octanol–water partition coefficient (Wildman–Crippen LogP) is 3.06. The topological polar surface area (TPSA) is 108 Å². The van der Waals surface area contributed by atoms with E-state index in [1.165, 1.54) is 4.90 Å². The average molecular weight is 402 g/mol. The fraction of sp³-hybridized carbons (Fsp3) is 0.227. The molecule has 0 spiro atoms. The first-order valence-electron chi connectivity index (χ1n) is 9.70. The first-order valence-corrected chi connectivity index (χ1v) is 9.70. The number of amides is 1. The van der Waals surface area contributed by atoms with Crippen molar-refractivity contribution in [3.8, 4) is 11.3 Å². The van der Waals surface area contributed by atoms with Gasteiger partial charge < -0.3 is 9.88 Å². The minimum Gasteiger partial charge on any atom is -0.344 e. The standard InChI is InChI=1S/C12H12N4.C10H10N2O2/c1-7-5-9-3-4-11(15-12(9)14-7)10-6-13-16-8(10)2;13-7-12-6-4-9(12)10(14)8-3-1-2-5-11-8/h3-6H,1-2H3,(H,13,16)(H,14,15);1-3,5,7,9H,4,6H2. The Morgan fingerprint density at radius 3 is 2.73 bits per heavy atom. The SMILES string of the molecule is Cc1cc2ccc(-c3cn[nH]c3C)nc2[nH]1.O=CN1CCC1C(=O)c1ccccn1. The first kappa shape index (κ1) is 19.5. The predicted molar refractivity (Wildman–Crippen MR) is 113 cm³/mol. The molecule has 0 radical (unpaired) electrons. The molecule has 2 N–H and O–H groups in total. The fourth-order valence-electron chi connectivity index (χ4n) is 3.40. The van der Waals surface area contributed by atoms with E-state index in [1.807, 2.05) is 19.9 Å². The largest absolute Gasteiger partial charge is 0.344 e. The number of ketones is 1. The number of aryl methyl sites for hydroxylation is 2. The Balaban J connectivity index is 0.000000147. The molecular formula is C22H22N6O2. The van der Waals surface area contributed by atoms with E-state index in [-0.39, 0.29) is 11.8 Å². The summed E-state index contributed by atoms with van der Waals surface area (Å²) in [6.45, 7) is 4.70. The van der Waals surface area contributed by atoms with Gasteiger partial charge in [0.25, 0.3) is 0 Å². The zero-order valence-electron chi connectivity index (χ0n) is 16.8. The molecule has 0 saturated carbocycles. The van der Waals surface area contributed by atoms with Crippen LogP contribution in [0.15, 0.2) is 48.8 Å². The van der Waals surface area contributed by atoms with Gasteiger partial charge in [-0.15, -0.1) is 0 Å². The molecule has 0 aliphatic carbocycles. The third-order valence-corrected chi connectivity index (χ3v) is 5.14. The summed E-state index contributed by atoms with van der Waals surface area (Å²) in [4.78, 5) is 35.5. The van der Waals surface area contributed by atoms with Crippen LogP contribution in [0.2, 0.25) is 0 Å². The summed E-state index contributed by atoms with van der Waals surface area (Å²) in [5.74, 6) is -0.0658. The highest BCUT2D eigenvalue weighted by Gasteiger charge is 2.33. The number of carbonyl (C=O) groups is 2. The second-order valence-electron chi connectivity index (χ2n) is 7.22. The Labute approximate surface area is 173 Å². The Kier molecular flexibility index (Phi) is 5.38. The van der Waals surface area contributed by atoms with Gasteiger partial charge in [0.15, 0.2) is 0 Å². The molecule has 8 heteroatoms. The van der Waals surface area contributed by atoms with Crippen LogP contribution in [-0.2, 0) is 4.79 Å². The molecule has 4 aromatic rings. The number of nitrogens with zero attached hydrogens (tertiary/aromatic N) is 4. The highest BCUT2D eigenvalue weighted by atomic mass is 16.2. The van der Waals surface area contributed by atoms with Crippen LogP contribution in [-0.4, -0.2) is 54.8 Å². The summed E-state index contributed by atoms with van der Waals surface area (Å²) in [5.41, 5.74) is 5.52. The van der Waals surface area contributed by atoms with Crippen LogP contribution in [0.25, 0.3) is 22.3 Å². The molecule has 5 rings (SSSR count). The van der Waals surface area contributed by atoms with Crippen LogP contribution in [0.4, 0.5) is 0 Å². The van der Waals surface area contributed by atoms with Crippen LogP contribution in [0, 0.1) is 13.8 Å². The van der Waals surface area contributed by atoms with Crippen molar-refractivity contribution in [1.29, 1.82) is 0 Å². The van der Waals surface area contributed by atoms with Crippen molar-refractivity contribution in [3.05, 3.63) is 65.9 Å². The molecule has 1 unspecified atom stereocenters. The van der Waals surface area contributed by atoms with Crippen molar-refractivity contribution < 1.29 is 9.59 Å². The number of hydrogen-bond donors (Lipinski definition) is 2. The summed E-state index contributed by atoms with van der Waals surface area (Å²) in [6, 6.07) is 11.1. The van der Waals surface area contributed by atoms with E-state index < -0.39 is 0 Å². The van der Waals surface area contributed by atoms with E-state index in [4.69, 9.17) is 0 Å².